The van der Waals surface area contributed by atoms with E-state index in [4.69, 9.17) is 4.74 Å². The maximum Gasteiger partial charge on any atom is 0.251 e. The summed E-state index contributed by atoms with van der Waals surface area (Å²) in [5, 5.41) is 6.24. The van der Waals surface area contributed by atoms with Crippen molar-refractivity contribution in [3.63, 3.8) is 0 Å². The van der Waals surface area contributed by atoms with Crippen LogP contribution < -0.4 is 10.6 Å². The molecule has 2 N–H and O–H groups in total. The standard InChI is InChI=1S/C17H26N2O2/c1-18-11-7-14-5-3-4-6-15(14)16(20)19-13-17(8-9-17)10-12-21-2/h3-6,18H,7-13H2,1-2H3,(H,19,20). The first-order chi connectivity index (χ1) is 10.2. The lowest BCUT2D eigenvalue weighted by atomic mass is 10.0. The molecule has 1 aromatic rings. The van der Waals surface area contributed by atoms with Gasteiger partial charge in [0.1, 0.15) is 0 Å². The van der Waals surface area contributed by atoms with Crippen molar-refractivity contribution in [2.45, 2.75) is 25.7 Å². The average Bonchev–Trinajstić information content (AvgIpc) is 3.29. The van der Waals surface area contributed by atoms with Crippen LogP contribution in [-0.2, 0) is 11.2 Å². The summed E-state index contributed by atoms with van der Waals surface area (Å²) in [6.45, 7) is 2.41. The summed E-state index contributed by atoms with van der Waals surface area (Å²) in [4.78, 5) is 12.4. The third-order valence-corrected chi connectivity index (χ3v) is 4.32. The lowest BCUT2D eigenvalue weighted by molar-refractivity contribution is 0.0937. The van der Waals surface area contributed by atoms with Crippen LogP contribution in [0.5, 0.6) is 0 Å². The first-order valence-corrected chi connectivity index (χ1v) is 7.70. The Balaban J connectivity index is 1.91. The van der Waals surface area contributed by atoms with Gasteiger partial charge in [0.2, 0.25) is 0 Å². The highest BCUT2D eigenvalue weighted by Gasteiger charge is 2.42. The molecule has 116 valence electrons. The summed E-state index contributed by atoms with van der Waals surface area (Å²) < 4.78 is 5.15. The zero-order valence-electron chi connectivity index (χ0n) is 13.1. The third kappa shape index (κ3) is 4.55. The summed E-state index contributed by atoms with van der Waals surface area (Å²) in [5.41, 5.74) is 2.19. The predicted molar refractivity (Wildman–Crippen MR) is 84.6 cm³/mol. The highest BCUT2D eigenvalue weighted by Crippen LogP contribution is 2.48. The molecule has 1 aliphatic carbocycles. The molecule has 0 unspecified atom stereocenters. The van der Waals surface area contributed by atoms with E-state index in [0.29, 0.717) is 0 Å². The lowest BCUT2D eigenvalue weighted by Crippen LogP contribution is -2.31. The minimum atomic E-state index is 0.0467. The first kappa shape index (κ1) is 16.0. The van der Waals surface area contributed by atoms with Gasteiger partial charge in [-0.2, -0.15) is 0 Å². The normalized spacial score (nSPS) is 15.7. The van der Waals surface area contributed by atoms with Crippen LogP contribution in [0.25, 0.3) is 0 Å². The van der Waals surface area contributed by atoms with Crippen molar-refractivity contribution in [1.29, 1.82) is 0 Å². The van der Waals surface area contributed by atoms with Gasteiger partial charge >= 0.3 is 0 Å². The molecule has 0 aliphatic heterocycles. The zero-order valence-corrected chi connectivity index (χ0v) is 13.1. The summed E-state index contributed by atoms with van der Waals surface area (Å²) in [6, 6.07) is 7.86. The molecule has 2 rings (SSSR count). The summed E-state index contributed by atoms with van der Waals surface area (Å²) in [5.74, 6) is 0.0467. The molecular formula is C17H26N2O2. The number of carbonyl (C=O) groups is 1. The number of benzene rings is 1. The summed E-state index contributed by atoms with van der Waals surface area (Å²) in [6.07, 6.45) is 4.29. The van der Waals surface area contributed by atoms with Crippen LogP contribution in [0.4, 0.5) is 0 Å². The Kier molecular flexibility index (Phi) is 5.76. The van der Waals surface area contributed by atoms with Gasteiger partial charge in [0, 0.05) is 25.8 Å². The lowest BCUT2D eigenvalue weighted by Gasteiger charge is -2.16. The van der Waals surface area contributed by atoms with Crippen LogP contribution in [0.2, 0.25) is 0 Å². The number of ether oxygens (including phenoxy) is 1. The van der Waals surface area contributed by atoms with Gasteiger partial charge in [-0.25, -0.2) is 0 Å². The van der Waals surface area contributed by atoms with Crippen LogP contribution in [0.15, 0.2) is 24.3 Å². The van der Waals surface area contributed by atoms with E-state index >= 15 is 0 Å². The van der Waals surface area contributed by atoms with Gasteiger partial charge in [0.05, 0.1) is 0 Å². The van der Waals surface area contributed by atoms with Crippen LogP contribution >= 0.6 is 0 Å². The van der Waals surface area contributed by atoms with E-state index in [-0.39, 0.29) is 11.3 Å². The van der Waals surface area contributed by atoms with E-state index in [9.17, 15) is 4.79 Å². The van der Waals surface area contributed by atoms with Gasteiger partial charge in [-0.1, -0.05) is 18.2 Å². The molecule has 4 heteroatoms. The molecule has 0 bridgehead atoms. The molecule has 1 saturated carbocycles. The second-order valence-corrected chi connectivity index (χ2v) is 5.94. The topological polar surface area (TPSA) is 50.4 Å². The Morgan fingerprint density at radius 1 is 1.33 bits per heavy atom. The van der Waals surface area contributed by atoms with E-state index < -0.39 is 0 Å². The largest absolute Gasteiger partial charge is 0.385 e. The van der Waals surface area contributed by atoms with E-state index in [1.54, 1.807) is 7.11 Å². The number of likely N-dealkylation sites (N-methyl/N-ethyl adjacent to an activating group) is 1. The van der Waals surface area contributed by atoms with Crippen molar-refractivity contribution in [3.05, 3.63) is 35.4 Å². The molecule has 1 aliphatic rings. The van der Waals surface area contributed by atoms with E-state index in [0.717, 1.165) is 43.7 Å². The minimum Gasteiger partial charge on any atom is -0.385 e. The number of rotatable bonds is 9. The number of hydrogen-bond donors (Lipinski definition) is 2. The van der Waals surface area contributed by atoms with Crippen molar-refractivity contribution in [2.75, 3.05) is 33.9 Å². The molecule has 0 radical (unpaired) electrons. The summed E-state index contributed by atoms with van der Waals surface area (Å²) >= 11 is 0. The van der Waals surface area contributed by atoms with E-state index in [1.807, 2.05) is 31.3 Å². The second kappa shape index (κ2) is 7.57. The number of amides is 1. The number of carbonyl (C=O) groups excluding carboxylic acids is 1. The van der Waals surface area contributed by atoms with Crippen LogP contribution in [0.3, 0.4) is 0 Å². The molecule has 0 spiro atoms. The molecule has 0 aromatic heterocycles. The smallest absolute Gasteiger partial charge is 0.251 e. The molecule has 0 atom stereocenters. The van der Waals surface area contributed by atoms with Gasteiger partial charge in [-0.3, -0.25) is 4.79 Å². The predicted octanol–water partition coefficient (Wildman–Crippen LogP) is 1.99. The monoisotopic (exact) mass is 290 g/mol. The molecule has 0 heterocycles. The molecule has 4 nitrogen and oxygen atoms in total. The third-order valence-electron chi connectivity index (χ3n) is 4.32. The van der Waals surface area contributed by atoms with Crippen molar-refractivity contribution >= 4 is 5.91 Å². The van der Waals surface area contributed by atoms with Gasteiger partial charge in [0.25, 0.3) is 5.91 Å². The zero-order chi connectivity index (χ0) is 15.1. The van der Waals surface area contributed by atoms with Crippen molar-refractivity contribution in [1.82, 2.24) is 10.6 Å². The maximum absolute atomic E-state index is 12.4. The second-order valence-electron chi connectivity index (χ2n) is 5.94. The van der Waals surface area contributed by atoms with Gasteiger partial charge < -0.3 is 15.4 Å². The molecule has 1 fully saturated rings. The minimum absolute atomic E-state index is 0.0467. The molecule has 21 heavy (non-hydrogen) atoms. The Bertz CT molecular complexity index is 470. The fraction of sp³-hybridized carbons (Fsp3) is 0.588. The van der Waals surface area contributed by atoms with Crippen LogP contribution in [0.1, 0.15) is 35.2 Å². The summed E-state index contributed by atoms with van der Waals surface area (Å²) in [7, 11) is 3.65. The van der Waals surface area contributed by atoms with E-state index in [2.05, 4.69) is 10.6 Å². The van der Waals surface area contributed by atoms with Crippen molar-refractivity contribution in [2.24, 2.45) is 5.41 Å². The van der Waals surface area contributed by atoms with E-state index in [1.165, 1.54) is 12.8 Å². The number of methoxy groups -OCH3 is 1. The highest BCUT2D eigenvalue weighted by molar-refractivity contribution is 5.95. The SMILES string of the molecule is CNCCc1ccccc1C(=O)NCC1(CCOC)CC1. The fourth-order valence-corrected chi connectivity index (χ4v) is 2.59. The average molecular weight is 290 g/mol. The number of hydrogen-bond acceptors (Lipinski definition) is 3. The Labute approximate surface area is 127 Å². The Morgan fingerprint density at radius 2 is 2.10 bits per heavy atom. The molecular weight excluding hydrogens is 264 g/mol. The van der Waals surface area contributed by atoms with Crippen LogP contribution in [-0.4, -0.2) is 39.8 Å². The maximum atomic E-state index is 12.4. The van der Waals surface area contributed by atoms with Crippen molar-refractivity contribution in [3.8, 4) is 0 Å². The first-order valence-electron chi connectivity index (χ1n) is 7.70. The quantitative estimate of drug-likeness (QED) is 0.731. The fourth-order valence-electron chi connectivity index (χ4n) is 2.59. The van der Waals surface area contributed by atoms with Gasteiger partial charge in [-0.05, 0) is 56.3 Å². The Hall–Kier alpha value is -1.39. The molecule has 1 amide bonds. The van der Waals surface area contributed by atoms with Crippen LogP contribution in [0, 0.1) is 5.41 Å². The van der Waals surface area contributed by atoms with Crippen molar-refractivity contribution < 1.29 is 9.53 Å². The molecule has 1 aromatic carbocycles. The highest BCUT2D eigenvalue weighted by atomic mass is 16.5. The molecule has 0 saturated heterocycles. The number of nitrogens with one attached hydrogen (secondary N) is 2. The van der Waals surface area contributed by atoms with Gasteiger partial charge in [-0.15, -0.1) is 0 Å². The van der Waals surface area contributed by atoms with Gasteiger partial charge in [0.15, 0.2) is 0 Å². The Morgan fingerprint density at radius 3 is 2.76 bits per heavy atom.